The Balaban J connectivity index is 2.59. The van der Waals surface area contributed by atoms with Crippen molar-refractivity contribution in [1.82, 2.24) is 4.98 Å². The standard InChI is InChI=1S/C7H10NOSi/c1-10(2)9-7-5-3-4-6-8-7/h3-6H,1-2H3. The van der Waals surface area contributed by atoms with Crippen LogP contribution in [-0.2, 0) is 0 Å². The van der Waals surface area contributed by atoms with E-state index in [4.69, 9.17) is 4.43 Å². The van der Waals surface area contributed by atoms with Crippen LogP contribution in [-0.4, -0.2) is 14.0 Å². The monoisotopic (exact) mass is 152 g/mol. The van der Waals surface area contributed by atoms with E-state index < -0.39 is 9.04 Å². The summed E-state index contributed by atoms with van der Waals surface area (Å²) in [6, 6.07) is 5.68. The number of rotatable bonds is 2. The molecular weight excluding hydrogens is 142 g/mol. The average Bonchev–Trinajstić information content (AvgIpc) is 1.88. The average molecular weight is 152 g/mol. The molecule has 0 N–H and O–H groups in total. The topological polar surface area (TPSA) is 22.1 Å². The molecule has 0 aliphatic heterocycles. The summed E-state index contributed by atoms with van der Waals surface area (Å²) < 4.78 is 5.40. The lowest BCUT2D eigenvalue weighted by Gasteiger charge is -2.04. The first-order valence-electron chi connectivity index (χ1n) is 3.18. The van der Waals surface area contributed by atoms with Crippen molar-refractivity contribution in [1.29, 1.82) is 0 Å². The molecule has 0 aromatic carbocycles. The van der Waals surface area contributed by atoms with Crippen molar-refractivity contribution < 1.29 is 4.43 Å². The second-order valence-electron chi connectivity index (χ2n) is 2.18. The fourth-order valence-corrected chi connectivity index (χ4v) is 1.16. The Labute approximate surface area is 62.6 Å². The van der Waals surface area contributed by atoms with E-state index >= 15 is 0 Å². The van der Waals surface area contributed by atoms with Crippen LogP contribution in [0.4, 0.5) is 0 Å². The zero-order valence-corrected chi connectivity index (χ0v) is 7.16. The Morgan fingerprint density at radius 3 is 2.70 bits per heavy atom. The zero-order chi connectivity index (χ0) is 7.40. The third-order valence-corrected chi connectivity index (χ3v) is 1.56. The van der Waals surface area contributed by atoms with Crippen LogP contribution >= 0.6 is 0 Å². The Morgan fingerprint density at radius 1 is 1.40 bits per heavy atom. The van der Waals surface area contributed by atoms with Gasteiger partial charge in [-0.3, -0.25) is 0 Å². The number of aromatic nitrogens is 1. The van der Waals surface area contributed by atoms with E-state index in [0.717, 1.165) is 5.88 Å². The van der Waals surface area contributed by atoms with Crippen LogP contribution in [0.1, 0.15) is 0 Å². The van der Waals surface area contributed by atoms with Crippen LogP contribution in [0, 0.1) is 0 Å². The van der Waals surface area contributed by atoms with Crippen molar-refractivity contribution in [2.75, 3.05) is 0 Å². The molecule has 0 atom stereocenters. The van der Waals surface area contributed by atoms with E-state index in [9.17, 15) is 0 Å². The van der Waals surface area contributed by atoms with Gasteiger partial charge >= 0.3 is 0 Å². The van der Waals surface area contributed by atoms with Gasteiger partial charge in [0.25, 0.3) is 9.04 Å². The highest BCUT2D eigenvalue weighted by Crippen LogP contribution is 2.03. The SMILES string of the molecule is C[Si](C)Oc1ccccn1. The normalized spacial score (nSPS) is 9.90. The van der Waals surface area contributed by atoms with Crippen molar-refractivity contribution in [2.45, 2.75) is 13.1 Å². The van der Waals surface area contributed by atoms with E-state index in [0.29, 0.717) is 0 Å². The van der Waals surface area contributed by atoms with Gasteiger partial charge < -0.3 is 4.43 Å². The first kappa shape index (κ1) is 7.28. The van der Waals surface area contributed by atoms with Gasteiger partial charge in [-0.25, -0.2) is 4.98 Å². The van der Waals surface area contributed by atoms with Crippen LogP contribution < -0.4 is 4.43 Å². The largest absolute Gasteiger partial charge is 0.530 e. The van der Waals surface area contributed by atoms with Gasteiger partial charge in [-0.2, -0.15) is 0 Å². The smallest absolute Gasteiger partial charge is 0.276 e. The summed E-state index contributed by atoms with van der Waals surface area (Å²) in [5, 5.41) is 0. The second-order valence-corrected chi connectivity index (χ2v) is 4.20. The maximum absolute atomic E-state index is 5.40. The van der Waals surface area contributed by atoms with Gasteiger partial charge in [-0.1, -0.05) is 6.07 Å². The summed E-state index contributed by atoms with van der Waals surface area (Å²) in [5.41, 5.74) is 0. The molecule has 0 fully saturated rings. The molecule has 1 aromatic heterocycles. The first-order chi connectivity index (χ1) is 4.79. The maximum atomic E-state index is 5.40. The lowest BCUT2D eigenvalue weighted by atomic mass is 10.5. The quantitative estimate of drug-likeness (QED) is 0.602. The number of pyridine rings is 1. The molecule has 10 heavy (non-hydrogen) atoms. The van der Waals surface area contributed by atoms with Gasteiger partial charge in [-0.05, 0) is 25.2 Å². The summed E-state index contributed by atoms with van der Waals surface area (Å²) in [7, 11) is -0.649. The van der Waals surface area contributed by atoms with Crippen LogP contribution in [0.25, 0.3) is 0 Å². The third kappa shape index (κ3) is 2.19. The van der Waals surface area contributed by atoms with E-state index in [1.165, 1.54) is 0 Å². The van der Waals surface area contributed by atoms with Gasteiger partial charge in [0, 0.05) is 6.20 Å². The Hall–Kier alpha value is -0.833. The fraction of sp³-hybridized carbons (Fsp3) is 0.286. The lowest BCUT2D eigenvalue weighted by molar-refractivity contribution is 0.555. The molecule has 0 spiro atoms. The van der Waals surface area contributed by atoms with Crippen LogP contribution in [0.5, 0.6) is 5.88 Å². The van der Waals surface area contributed by atoms with Gasteiger partial charge in [0.2, 0.25) is 0 Å². The minimum Gasteiger partial charge on any atom is -0.530 e. The van der Waals surface area contributed by atoms with Crippen molar-refractivity contribution in [2.24, 2.45) is 0 Å². The van der Waals surface area contributed by atoms with E-state index in [2.05, 4.69) is 18.1 Å². The highest BCUT2D eigenvalue weighted by molar-refractivity contribution is 6.49. The molecule has 1 rings (SSSR count). The zero-order valence-electron chi connectivity index (χ0n) is 6.16. The number of hydrogen-bond donors (Lipinski definition) is 0. The number of nitrogens with zero attached hydrogens (tertiary/aromatic N) is 1. The Morgan fingerprint density at radius 2 is 2.20 bits per heavy atom. The molecule has 0 aliphatic rings. The molecule has 1 radical (unpaired) electrons. The van der Waals surface area contributed by atoms with Gasteiger partial charge in [0.05, 0.1) is 0 Å². The molecule has 0 amide bonds. The molecule has 1 aromatic rings. The lowest BCUT2D eigenvalue weighted by Crippen LogP contribution is -2.11. The van der Waals surface area contributed by atoms with E-state index in [-0.39, 0.29) is 0 Å². The predicted octanol–water partition coefficient (Wildman–Crippen LogP) is 1.71. The maximum Gasteiger partial charge on any atom is 0.276 e. The minimum absolute atomic E-state index is 0.649. The van der Waals surface area contributed by atoms with Gasteiger partial charge in [-0.15, -0.1) is 0 Å². The highest BCUT2D eigenvalue weighted by Gasteiger charge is 1.98. The molecule has 0 aliphatic carbocycles. The molecule has 1 heterocycles. The van der Waals surface area contributed by atoms with Crippen molar-refractivity contribution in [3.63, 3.8) is 0 Å². The summed E-state index contributed by atoms with van der Waals surface area (Å²) in [6.45, 7) is 4.17. The molecule has 0 saturated carbocycles. The molecule has 0 saturated heterocycles. The fourth-order valence-electron chi connectivity index (χ4n) is 0.617. The molecule has 0 bridgehead atoms. The molecule has 0 unspecified atom stereocenters. The molecule has 2 nitrogen and oxygen atoms in total. The summed E-state index contributed by atoms with van der Waals surface area (Å²) in [5.74, 6) is 0.737. The van der Waals surface area contributed by atoms with Gasteiger partial charge in [0.1, 0.15) is 0 Å². The van der Waals surface area contributed by atoms with E-state index in [1.54, 1.807) is 6.20 Å². The molecule has 53 valence electrons. The predicted molar refractivity (Wildman–Crippen MR) is 42.3 cm³/mol. The first-order valence-corrected chi connectivity index (χ1v) is 5.59. The third-order valence-electron chi connectivity index (χ3n) is 0.946. The van der Waals surface area contributed by atoms with Crippen molar-refractivity contribution in [3.8, 4) is 5.88 Å². The Kier molecular flexibility index (Phi) is 2.45. The summed E-state index contributed by atoms with van der Waals surface area (Å²) in [6.07, 6.45) is 1.74. The van der Waals surface area contributed by atoms with Crippen molar-refractivity contribution >= 4 is 9.04 Å². The van der Waals surface area contributed by atoms with Crippen molar-refractivity contribution in [3.05, 3.63) is 24.4 Å². The second kappa shape index (κ2) is 3.36. The number of hydrogen-bond acceptors (Lipinski definition) is 2. The summed E-state index contributed by atoms with van der Waals surface area (Å²) >= 11 is 0. The summed E-state index contributed by atoms with van der Waals surface area (Å²) in [4.78, 5) is 4.02. The highest BCUT2D eigenvalue weighted by atomic mass is 28.3. The van der Waals surface area contributed by atoms with Gasteiger partial charge in [0.15, 0.2) is 5.88 Å². The van der Waals surface area contributed by atoms with Crippen LogP contribution in [0.15, 0.2) is 24.4 Å². The van der Waals surface area contributed by atoms with Crippen LogP contribution in [0.2, 0.25) is 13.1 Å². The Bertz CT molecular complexity index is 188. The van der Waals surface area contributed by atoms with E-state index in [1.807, 2.05) is 18.2 Å². The molecular formula is C7H10NOSi. The molecule has 3 heteroatoms. The van der Waals surface area contributed by atoms with Crippen LogP contribution in [0.3, 0.4) is 0 Å². The minimum atomic E-state index is -0.649.